The van der Waals surface area contributed by atoms with Gasteiger partial charge in [0.2, 0.25) is 0 Å². The fraction of sp³-hybridized carbons (Fsp3) is 0.533. The van der Waals surface area contributed by atoms with Gasteiger partial charge in [-0.1, -0.05) is 6.07 Å². The summed E-state index contributed by atoms with van der Waals surface area (Å²) in [7, 11) is 0. The van der Waals surface area contributed by atoms with Crippen LogP contribution in [0.5, 0.6) is 0 Å². The highest BCUT2D eigenvalue weighted by Crippen LogP contribution is 2.31. The van der Waals surface area contributed by atoms with Crippen LogP contribution < -0.4 is 4.90 Å². The van der Waals surface area contributed by atoms with Crippen LogP contribution in [0.4, 0.5) is 18.9 Å². The highest BCUT2D eigenvalue weighted by molar-refractivity contribution is 5.50. The molecule has 1 heterocycles. The third-order valence-electron chi connectivity index (χ3n) is 3.59. The summed E-state index contributed by atoms with van der Waals surface area (Å²) in [6.07, 6.45) is -4.38. The zero-order valence-corrected chi connectivity index (χ0v) is 12.1. The molecule has 0 spiro atoms. The van der Waals surface area contributed by atoms with E-state index in [9.17, 15) is 13.2 Å². The summed E-state index contributed by atoms with van der Waals surface area (Å²) in [5.41, 5.74) is -0.274. The number of ether oxygens (including phenoxy) is 1. The number of alkyl halides is 3. The summed E-state index contributed by atoms with van der Waals surface area (Å²) in [5, 5.41) is 8.92. The molecule has 1 aromatic rings. The van der Waals surface area contributed by atoms with Crippen LogP contribution in [-0.2, 0) is 10.9 Å². The van der Waals surface area contributed by atoms with E-state index in [-0.39, 0.29) is 6.54 Å². The van der Waals surface area contributed by atoms with Crippen molar-refractivity contribution in [3.63, 3.8) is 0 Å². The third kappa shape index (κ3) is 4.61. The van der Waals surface area contributed by atoms with Gasteiger partial charge in [-0.3, -0.25) is 4.90 Å². The van der Waals surface area contributed by atoms with Crippen molar-refractivity contribution in [2.24, 2.45) is 0 Å². The molecule has 1 fully saturated rings. The van der Waals surface area contributed by atoms with Crippen molar-refractivity contribution in [2.45, 2.75) is 6.18 Å². The van der Waals surface area contributed by atoms with Crippen LogP contribution in [-0.4, -0.2) is 50.8 Å². The number of hydrogen-bond acceptors (Lipinski definition) is 4. The zero-order chi connectivity index (χ0) is 16.0. The third-order valence-corrected chi connectivity index (χ3v) is 3.59. The van der Waals surface area contributed by atoms with Crippen LogP contribution in [0, 0.1) is 11.3 Å². The Balaban J connectivity index is 2.05. The minimum Gasteiger partial charge on any atom is -0.379 e. The Labute approximate surface area is 127 Å². The van der Waals surface area contributed by atoms with Gasteiger partial charge >= 0.3 is 6.18 Å². The summed E-state index contributed by atoms with van der Waals surface area (Å²) in [5.74, 6) is 0. The van der Waals surface area contributed by atoms with Crippen LogP contribution in [0.3, 0.4) is 0 Å². The predicted molar refractivity (Wildman–Crippen MR) is 76.5 cm³/mol. The number of nitriles is 1. The summed E-state index contributed by atoms with van der Waals surface area (Å²) < 4.78 is 43.6. The van der Waals surface area contributed by atoms with Gasteiger partial charge in [0.25, 0.3) is 0 Å². The van der Waals surface area contributed by atoms with Crippen molar-refractivity contribution in [2.75, 3.05) is 50.8 Å². The summed E-state index contributed by atoms with van der Waals surface area (Å²) in [6.45, 7) is 4.22. The van der Waals surface area contributed by atoms with Gasteiger partial charge in [-0.05, 0) is 18.2 Å². The molecule has 1 aliphatic rings. The number of anilines is 1. The van der Waals surface area contributed by atoms with E-state index >= 15 is 0 Å². The highest BCUT2D eigenvalue weighted by atomic mass is 19.4. The van der Waals surface area contributed by atoms with E-state index in [4.69, 9.17) is 10.00 Å². The second kappa shape index (κ2) is 7.47. The fourth-order valence-electron chi connectivity index (χ4n) is 2.35. The lowest BCUT2D eigenvalue weighted by atomic mass is 10.2. The van der Waals surface area contributed by atoms with Crippen LogP contribution in [0.2, 0.25) is 0 Å². The molecular formula is C15H18F3N3O. The highest BCUT2D eigenvalue weighted by Gasteiger charge is 2.30. The van der Waals surface area contributed by atoms with Gasteiger partial charge in [0.1, 0.15) is 6.54 Å². The Kier molecular flexibility index (Phi) is 5.63. The molecule has 0 amide bonds. The lowest BCUT2D eigenvalue weighted by molar-refractivity contribution is -0.137. The fourth-order valence-corrected chi connectivity index (χ4v) is 2.35. The second-order valence-electron chi connectivity index (χ2n) is 5.08. The lowest BCUT2D eigenvalue weighted by Crippen LogP contribution is -2.41. The van der Waals surface area contributed by atoms with Gasteiger partial charge in [0, 0.05) is 31.9 Å². The first-order chi connectivity index (χ1) is 10.5. The first-order valence-electron chi connectivity index (χ1n) is 7.10. The molecule has 0 N–H and O–H groups in total. The van der Waals surface area contributed by atoms with Crippen molar-refractivity contribution >= 4 is 5.69 Å². The molecule has 7 heteroatoms. The van der Waals surface area contributed by atoms with E-state index in [0.717, 1.165) is 25.2 Å². The Hall–Kier alpha value is -1.78. The average Bonchev–Trinajstić information content (AvgIpc) is 2.52. The Bertz CT molecular complexity index is 521. The average molecular weight is 313 g/mol. The van der Waals surface area contributed by atoms with E-state index in [2.05, 4.69) is 4.90 Å². The van der Waals surface area contributed by atoms with E-state index in [1.807, 2.05) is 6.07 Å². The number of hydrogen-bond donors (Lipinski definition) is 0. The molecule has 0 aliphatic carbocycles. The lowest BCUT2D eigenvalue weighted by Gasteiger charge is -2.30. The molecule has 0 atom stereocenters. The van der Waals surface area contributed by atoms with Crippen molar-refractivity contribution < 1.29 is 17.9 Å². The monoisotopic (exact) mass is 313 g/mol. The first-order valence-corrected chi connectivity index (χ1v) is 7.10. The largest absolute Gasteiger partial charge is 0.416 e. The molecule has 4 nitrogen and oxygen atoms in total. The van der Waals surface area contributed by atoms with E-state index in [1.165, 1.54) is 6.07 Å². The number of nitrogens with zero attached hydrogens (tertiary/aromatic N) is 3. The molecule has 0 radical (unpaired) electrons. The predicted octanol–water partition coefficient (Wildman–Crippen LogP) is 2.37. The molecule has 1 saturated heterocycles. The van der Waals surface area contributed by atoms with Crippen LogP contribution in [0.25, 0.3) is 0 Å². The molecule has 1 aliphatic heterocycles. The number of morpholine rings is 1. The van der Waals surface area contributed by atoms with Gasteiger partial charge in [-0.25, -0.2) is 0 Å². The van der Waals surface area contributed by atoms with Gasteiger partial charge < -0.3 is 9.64 Å². The maximum Gasteiger partial charge on any atom is 0.416 e. The Morgan fingerprint density at radius 3 is 2.64 bits per heavy atom. The summed E-state index contributed by atoms with van der Waals surface area (Å²) in [4.78, 5) is 3.85. The van der Waals surface area contributed by atoms with Crippen LogP contribution >= 0.6 is 0 Å². The second-order valence-corrected chi connectivity index (χ2v) is 5.08. The molecule has 0 unspecified atom stereocenters. The molecule has 0 saturated carbocycles. The zero-order valence-electron chi connectivity index (χ0n) is 12.1. The maximum atomic E-state index is 12.8. The number of benzene rings is 1. The summed E-state index contributed by atoms with van der Waals surface area (Å²) >= 11 is 0. The molecule has 22 heavy (non-hydrogen) atoms. The molecule has 0 aromatic heterocycles. The Morgan fingerprint density at radius 1 is 1.27 bits per heavy atom. The summed E-state index contributed by atoms with van der Waals surface area (Å²) in [6, 6.07) is 7.12. The standard InChI is InChI=1S/C15H18F3N3O/c16-15(17,18)13-2-1-3-14(12-13)21(5-4-19)7-6-20-8-10-22-11-9-20/h1-3,12H,5-11H2. The molecule has 1 aromatic carbocycles. The first kappa shape index (κ1) is 16.6. The van der Waals surface area contributed by atoms with E-state index in [0.29, 0.717) is 32.0 Å². The molecule has 120 valence electrons. The number of halogens is 3. The topological polar surface area (TPSA) is 39.5 Å². The van der Waals surface area contributed by atoms with Crippen molar-refractivity contribution in [1.82, 2.24) is 4.90 Å². The molecule has 0 bridgehead atoms. The smallest absolute Gasteiger partial charge is 0.379 e. The minimum atomic E-state index is -4.38. The van der Waals surface area contributed by atoms with Gasteiger partial charge in [-0.2, -0.15) is 18.4 Å². The SMILES string of the molecule is N#CCN(CCN1CCOCC1)c1cccc(C(F)(F)F)c1. The Morgan fingerprint density at radius 2 is 2.00 bits per heavy atom. The van der Waals surface area contributed by atoms with Crippen LogP contribution in [0.1, 0.15) is 5.56 Å². The van der Waals surface area contributed by atoms with E-state index < -0.39 is 11.7 Å². The minimum absolute atomic E-state index is 0.0612. The van der Waals surface area contributed by atoms with Gasteiger partial charge in [-0.15, -0.1) is 0 Å². The molecular weight excluding hydrogens is 295 g/mol. The van der Waals surface area contributed by atoms with Gasteiger partial charge in [0.15, 0.2) is 0 Å². The maximum absolute atomic E-state index is 12.8. The van der Waals surface area contributed by atoms with Crippen molar-refractivity contribution in [3.8, 4) is 6.07 Å². The molecule has 2 rings (SSSR count). The normalized spacial score (nSPS) is 16.3. The number of rotatable bonds is 5. The van der Waals surface area contributed by atoms with Gasteiger partial charge in [0.05, 0.1) is 24.8 Å². The van der Waals surface area contributed by atoms with E-state index in [1.54, 1.807) is 11.0 Å². The van der Waals surface area contributed by atoms with Crippen LogP contribution in [0.15, 0.2) is 24.3 Å². The quantitative estimate of drug-likeness (QED) is 0.783. The van der Waals surface area contributed by atoms with Crippen molar-refractivity contribution in [3.05, 3.63) is 29.8 Å². The van der Waals surface area contributed by atoms with Crippen molar-refractivity contribution in [1.29, 1.82) is 5.26 Å².